The number of rotatable bonds is 4. The van der Waals surface area contributed by atoms with Gasteiger partial charge >= 0.3 is 0 Å². The molecule has 3 nitrogen and oxygen atoms in total. The first kappa shape index (κ1) is 13.4. The van der Waals surface area contributed by atoms with Crippen LogP contribution in [0.25, 0.3) is 0 Å². The van der Waals surface area contributed by atoms with Crippen molar-refractivity contribution in [3.63, 3.8) is 0 Å². The summed E-state index contributed by atoms with van der Waals surface area (Å²) in [6.45, 7) is 0.662. The van der Waals surface area contributed by atoms with Gasteiger partial charge in [-0.05, 0) is 43.7 Å². The fraction of sp³-hybridized carbons (Fsp3) is 0.500. The van der Waals surface area contributed by atoms with Gasteiger partial charge in [-0.3, -0.25) is 4.79 Å². The average Bonchev–Trinajstić information content (AvgIpc) is 2.85. The van der Waals surface area contributed by atoms with E-state index in [-0.39, 0.29) is 11.9 Å². The second-order valence-electron chi connectivity index (χ2n) is 4.71. The maximum absolute atomic E-state index is 12.3. The molecule has 0 spiro atoms. The van der Waals surface area contributed by atoms with Crippen LogP contribution >= 0.6 is 11.8 Å². The molecule has 3 N–H and O–H groups in total. The van der Waals surface area contributed by atoms with Crippen LogP contribution in [0.1, 0.15) is 29.6 Å². The highest BCUT2D eigenvalue weighted by Gasteiger charge is 2.27. The Bertz CT molecular complexity index is 422. The molecule has 2 rings (SSSR count). The van der Waals surface area contributed by atoms with Crippen LogP contribution in [-0.2, 0) is 0 Å². The van der Waals surface area contributed by atoms with E-state index in [1.54, 1.807) is 11.8 Å². The van der Waals surface area contributed by atoms with E-state index in [0.29, 0.717) is 12.5 Å². The molecule has 1 aliphatic rings. The van der Waals surface area contributed by atoms with Crippen LogP contribution in [0.3, 0.4) is 0 Å². The Labute approximate surface area is 113 Å². The number of carbonyl (C=O) groups is 1. The summed E-state index contributed by atoms with van der Waals surface area (Å²) in [5.74, 6) is 0.473. The number of amides is 1. The third-order valence-electron chi connectivity index (χ3n) is 3.63. The Morgan fingerprint density at radius 1 is 1.44 bits per heavy atom. The number of benzene rings is 1. The molecule has 98 valence electrons. The summed E-state index contributed by atoms with van der Waals surface area (Å²) in [5.41, 5.74) is 6.51. The topological polar surface area (TPSA) is 55.1 Å². The minimum atomic E-state index is 0.0327. The molecule has 0 saturated heterocycles. The standard InChI is InChI=1S/C14H20N2OS/c1-18-13-8-3-2-6-11(13)14(17)16-12-7-4-5-10(12)9-15/h2-3,6,8,10,12H,4-5,7,9,15H2,1H3,(H,16,17). The van der Waals surface area contributed by atoms with Crippen LogP contribution in [0.5, 0.6) is 0 Å². The summed E-state index contributed by atoms with van der Waals surface area (Å²) >= 11 is 1.60. The molecule has 18 heavy (non-hydrogen) atoms. The van der Waals surface area contributed by atoms with Crippen molar-refractivity contribution in [1.29, 1.82) is 0 Å². The van der Waals surface area contributed by atoms with Gasteiger partial charge in [-0.25, -0.2) is 0 Å². The van der Waals surface area contributed by atoms with Gasteiger partial charge in [0.05, 0.1) is 5.56 Å². The van der Waals surface area contributed by atoms with Crippen LogP contribution in [0.4, 0.5) is 0 Å². The van der Waals surface area contributed by atoms with Gasteiger partial charge in [-0.15, -0.1) is 11.8 Å². The Morgan fingerprint density at radius 2 is 2.22 bits per heavy atom. The molecular formula is C14H20N2OS. The minimum Gasteiger partial charge on any atom is -0.349 e. The zero-order valence-electron chi connectivity index (χ0n) is 10.7. The Balaban J connectivity index is 2.07. The Kier molecular flexibility index (Phi) is 4.66. The van der Waals surface area contributed by atoms with Gasteiger partial charge in [0.15, 0.2) is 0 Å². The molecule has 2 atom stereocenters. The number of nitrogens with two attached hydrogens (primary N) is 1. The molecule has 1 amide bonds. The third kappa shape index (κ3) is 2.87. The fourth-order valence-corrected chi connectivity index (χ4v) is 3.18. The molecule has 2 unspecified atom stereocenters. The van der Waals surface area contributed by atoms with Gasteiger partial charge in [-0.1, -0.05) is 18.6 Å². The molecule has 1 saturated carbocycles. The Morgan fingerprint density at radius 3 is 2.94 bits per heavy atom. The lowest BCUT2D eigenvalue weighted by atomic mass is 10.0. The lowest BCUT2D eigenvalue weighted by Crippen LogP contribution is -2.40. The van der Waals surface area contributed by atoms with Crippen LogP contribution in [-0.4, -0.2) is 24.7 Å². The van der Waals surface area contributed by atoms with Crippen LogP contribution in [0.2, 0.25) is 0 Å². The molecule has 4 heteroatoms. The van der Waals surface area contributed by atoms with E-state index < -0.39 is 0 Å². The summed E-state index contributed by atoms with van der Waals surface area (Å²) in [7, 11) is 0. The highest BCUT2D eigenvalue weighted by atomic mass is 32.2. The van der Waals surface area contributed by atoms with Crippen molar-refractivity contribution in [1.82, 2.24) is 5.32 Å². The number of thioether (sulfide) groups is 1. The third-order valence-corrected chi connectivity index (χ3v) is 4.43. The lowest BCUT2D eigenvalue weighted by Gasteiger charge is -2.20. The molecule has 0 aliphatic heterocycles. The number of nitrogens with one attached hydrogen (secondary N) is 1. The van der Waals surface area contributed by atoms with E-state index in [0.717, 1.165) is 29.7 Å². The van der Waals surface area contributed by atoms with E-state index in [2.05, 4.69) is 5.32 Å². The van der Waals surface area contributed by atoms with Gasteiger partial charge in [-0.2, -0.15) is 0 Å². The van der Waals surface area contributed by atoms with Gasteiger partial charge in [0.1, 0.15) is 0 Å². The summed E-state index contributed by atoms with van der Waals surface area (Å²) in [6.07, 6.45) is 5.34. The largest absolute Gasteiger partial charge is 0.349 e. The SMILES string of the molecule is CSc1ccccc1C(=O)NC1CCCC1CN. The Hall–Kier alpha value is -1.00. The van der Waals surface area contributed by atoms with Crippen molar-refractivity contribution in [2.75, 3.05) is 12.8 Å². The maximum atomic E-state index is 12.3. The summed E-state index contributed by atoms with van der Waals surface area (Å²) in [5, 5.41) is 3.14. The van der Waals surface area contributed by atoms with E-state index in [4.69, 9.17) is 5.73 Å². The summed E-state index contributed by atoms with van der Waals surface area (Å²) < 4.78 is 0. The first-order valence-corrected chi connectivity index (χ1v) is 7.62. The highest BCUT2D eigenvalue weighted by molar-refractivity contribution is 7.98. The lowest BCUT2D eigenvalue weighted by molar-refractivity contribution is 0.0926. The molecule has 1 aromatic rings. The second-order valence-corrected chi connectivity index (χ2v) is 5.55. The first-order valence-electron chi connectivity index (χ1n) is 6.40. The molecule has 1 aliphatic carbocycles. The first-order chi connectivity index (χ1) is 8.76. The average molecular weight is 264 g/mol. The molecule has 1 fully saturated rings. The molecule has 0 heterocycles. The summed E-state index contributed by atoms with van der Waals surface area (Å²) in [6, 6.07) is 7.98. The van der Waals surface area contributed by atoms with Crippen molar-refractivity contribution in [2.45, 2.75) is 30.2 Å². The van der Waals surface area contributed by atoms with Crippen LogP contribution in [0, 0.1) is 5.92 Å². The quantitative estimate of drug-likeness (QED) is 0.820. The van der Waals surface area contributed by atoms with Crippen molar-refractivity contribution in [2.24, 2.45) is 11.7 Å². The maximum Gasteiger partial charge on any atom is 0.252 e. The van der Waals surface area contributed by atoms with Gasteiger partial charge in [0.2, 0.25) is 0 Å². The smallest absolute Gasteiger partial charge is 0.252 e. The van der Waals surface area contributed by atoms with E-state index >= 15 is 0 Å². The molecular weight excluding hydrogens is 244 g/mol. The molecule has 0 bridgehead atoms. The van der Waals surface area contributed by atoms with E-state index in [9.17, 15) is 4.79 Å². The van der Waals surface area contributed by atoms with Gasteiger partial charge < -0.3 is 11.1 Å². The second kappa shape index (κ2) is 6.25. The van der Waals surface area contributed by atoms with E-state index in [1.807, 2.05) is 30.5 Å². The van der Waals surface area contributed by atoms with Crippen LogP contribution in [0.15, 0.2) is 29.2 Å². The van der Waals surface area contributed by atoms with Gasteiger partial charge in [0, 0.05) is 10.9 Å². The van der Waals surface area contributed by atoms with Crippen molar-refractivity contribution >= 4 is 17.7 Å². The normalized spacial score (nSPS) is 23.0. The van der Waals surface area contributed by atoms with Gasteiger partial charge in [0.25, 0.3) is 5.91 Å². The number of hydrogen-bond acceptors (Lipinski definition) is 3. The summed E-state index contributed by atoms with van der Waals surface area (Å²) in [4.78, 5) is 13.3. The number of carbonyl (C=O) groups excluding carboxylic acids is 1. The van der Waals surface area contributed by atoms with Crippen molar-refractivity contribution in [3.05, 3.63) is 29.8 Å². The zero-order chi connectivity index (χ0) is 13.0. The molecule has 1 aromatic carbocycles. The number of hydrogen-bond donors (Lipinski definition) is 2. The fourth-order valence-electron chi connectivity index (χ4n) is 2.59. The van der Waals surface area contributed by atoms with E-state index in [1.165, 1.54) is 0 Å². The van der Waals surface area contributed by atoms with Crippen molar-refractivity contribution in [3.8, 4) is 0 Å². The predicted molar refractivity (Wildman–Crippen MR) is 75.9 cm³/mol. The zero-order valence-corrected chi connectivity index (χ0v) is 11.5. The molecule has 0 radical (unpaired) electrons. The van der Waals surface area contributed by atoms with Crippen molar-refractivity contribution < 1.29 is 4.79 Å². The molecule has 0 aromatic heterocycles. The highest BCUT2D eigenvalue weighted by Crippen LogP contribution is 2.26. The predicted octanol–water partition coefficient (Wildman–Crippen LogP) is 2.27. The van der Waals surface area contributed by atoms with Crippen LogP contribution < -0.4 is 11.1 Å². The minimum absolute atomic E-state index is 0.0327. The monoisotopic (exact) mass is 264 g/mol.